The molecule has 5 aliphatic rings. The molecule has 0 aromatic carbocycles. The van der Waals surface area contributed by atoms with E-state index >= 15 is 0 Å². The number of nitrogens with zero attached hydrogens (tertiary/aromatic N) is 1. The van der Waals surface area contributed by atoms with Gasteiger partial charge in [0.25, 0.3) is 0 Å². The summed E-state index contributed by atoms with van der Waals surface area (Å²) in [4.78, 5) is 26.6. The number of nitriles is 1. The van der Waals surface area contributed by atoms with E-state index in [0.29, 0.717) is 29.2 Å². The van der Waals surface area contributed by atoms with Gasteiger partial charge in [-0.1, -0.05) is 52.8 Å². The number of carbonyl (C=O) groups excluding carboxylic acids is 2. The molecule has 0 aromatic heterocycles. The van der Waals surface area contributed by atoms with Crippen LogP contribution in [0.1, 0.15) is 92.9 Å². The average Bonchev–Trinajstić information content (AvgIpc) is 3.22. The number of fused-ring (bicyclic) bond motifs is 7. The van der Waals surface area contributed by atoms with Crippen LogP contribution in [0.4, 0.5) is 0 Å². The minimum Gasteiger partial charge on any atom is -0.469 e. The minimum atomic E-state index is -0.517. The number of hydrogen-bond donors (Lipinski definition) is 0. The minimum absolute atomic E-state index is 0.00427. The number of rotatable bonds is 2. The number of esters is 1. The molecule has 0 radical (unpaired) electrons. The Kier molecular flexibility index (Phi) is 5.59. The average molecular weight is 492 g/mol. The van der Waals surface area contributed by atoms with Gasteiger partial charge in [-0.3, -0.25) is 9.59 Å². The van der Waals surface area contributed by atoms with Crippen LogP contribution in [0, 0.1) is 68.0 Å². The molecule has 4 unspecified atom stereocenters. The van der Waals surface area contributed by atoms with Crippen LogP contribution in [0.2, 0.25) is 0 Å². The number of allylic oxidation sites excluding steroid dienone is 3. The fraction of sp³-hybridized carbons (Fsp3) is 0.781. The van der Waals surface area contributed by atoms with Crippen LogP contribution >= 0.6 is 0 Å². The zero-order valence-electron chi connectivity index (χ0n) is 23.5. The van der Waals surface area contributed by atoms with Crippen molar-refractivity contribution >= 4 is 11.8 Å². The second-order valence-electron chi connectivity index (χ2n) is 14.4. The van der Waals surface area contributed by atoms with Crippen molar-refractivity contribution < 1.29 is 14.3 Å². The molecule has 0 saturated heterocycles. The van der Waals surface area contributed by atoms with Crippen LogP contribution in [0.25, 0.3) is 0 Å². The van der Waals surface area contributed by atoms with Crippen molar-refractivity contribution in [2.24, 2.45) is 56.7 Å². The standard InChI is InChI=1S/C32H45NO3/c1-19(2)21-11-14-32(27(35)36-8)16-15-30(6)22(25(21)32)9-10-24-29(5)17-20(18-33)26(34)28(3,4)23(29)12-13-31(24,30)7/h17,21-25H,1,9-16H2,2-8H3/t21-,22?,23?,24?,25?,29-,30+,31+,32-/m0/s1. The van der Waals surface area contributed by atoms with E-state index in [0.717, 1.165) is 51.4 Å². The van der Waals surface area contributed by atoms with E-state index in [9.17, 15) is 14.9 Å². The smallest absolute Gasteiger partial charge is 0.312 e. The van der Waals surface area contributed by atoms with Gasteiger partial charge in [-0.2, -0.15) is 5.26 Å². The summed E-state index contributed by atoms with van der Waals surface area (Å²) >= 11 is 0. The molecule has 4 nitrogen and oxygen atoms in total. The number of ketones is 1. The number of Topliss-reactive ketones (excluding diaryl/α,β-unsaturated/α-hetero) is 1. The maximum Gasteiger partial charge on any atom is 0.312 e. The third-order valence-electron chi connectivity index (χ3n) is 13.1. The molecule has 0 spiro atoms. The normalized spacial score (nSPS) is 48.9. The maximum atomic E-state index is 13.4. The lowest BCUT2D eigenvalue weighted by Gasteiger charge is -2.71. The molecule has 36 heavy (non-hydrogen) atoms. The third-order valence-corrected chi connectivity index (χ3v) is 13.1. The monoisotopic (exact) mass is 491 g/mol. The number of methoxy groups -OCH3 is 1. The van der Waals surface area contributed by atoms with Crippen LogP contribution in [0.15, 0.2) is 23.8 Å². The van der Waals surface area contributed by atoms with Gasteiger partial charge in [-0.15, -0.1) is 0 Å². The summed E-state index contributed by atoms with van der Waals surface area (Å²) in [5, 5.41) is 9.89. The lowest BCUT2D eigenvalue weighted by molar-refractivity contribution is -0.222. The molecule has 0 heterocycles. The summed E-state index contributed by atoms with van der Waals surface area (Å²) in [6.07, 6.45) is 10.3. The van der Waals surface area contributed by atoms with Crippen molar-refractivity contribution in [1.29, 1.82) is 5.26 Å². The summed E-state index contributed by atoms with van der Waals surface area (Å²) in [5.41, 5.74) is 0.685. The third kappa shape index (κ3) is 2.87. The van der Waals surface area contributed by atoms with Crippen molar-refractivity contribution in [2.45, 2.75) is 92.9 Å². The van der Waals surface area contributed by atoms with Gasteiger partial charge in [-0.25, -0.2) is 0 Å². The molecule has 196 valence electrons. The Hall–Kier alpha value is -1.89. The highest BCUT2D eigenvalue weighted by Crippen LogP contribution is 2.77. The van der Waals surface area contributed by atoms with Crippen LogP contribution in [0.3, 0.4) is 0 Å². The summed E-state index contributed by atoms with van der Waals surface area (Å²) in [7, 11) is 1.56. The maximum absolute atomic E-state index is 13.4. The van der Waals surface area contributed by atoms with E-state index in [-0.39, 0.29) is 39.3 Å². The van der Waals surface area contributed by atoms with Gasteiger partial charge >= 0.3 is 5.97 Å². The van der Waals surface area contributed by atoms with Gasteiger partial charge in [0.05, 0.1) is 18.1 Å². The van der Waals surface area contributed by atoms with Gasteiger partial charge in [0.15, 0.2) is 5.78 Å². The first kappa shape index (κ1) is 25.7. The quantitative estimate of drug-likeness (QED) is 0.306. The van der Waals surface area contributed by atoms with E-state index in [4.69, 9.17) is 4.74 Å². The Balaban J connectivity index is 1.62. The zero-order valence-corrected chi connectivity index (χ0v) is 23.5. The predicted octanol–water partition coefficient (Wildman–Crippen LogP) is 7.06. The Labute approximate surface area is 217 Å². The van der Waals surface area contributed by atoms with Crippen molar-refractivity contribution in [1.82, 2.24) is 0 Å². The highest BCUT2D eigenvalue weighted by molar-refractivity contribution is 6.04. The molecular weight excluding hydrogens is 446 g/mol. The van der Waals surface area contributed by atoms with Gasteiger partial charge < -0.3 is 4.74 Å². The molecule has 4 saturated carbocycles. The highest BCUT2D eigenvalue weighted by Gasteiger charge is 2.72. The molecule has 0 amide bonds. The van der Waals surface area contributed by atoms with E-state index in [1.807, 2.05) is 0 Å². The number of hydrogen-bond acceptors (Lipinski definition) is 4. The molecular formula is C32H45NO3. The van der Waals surface area contributed by atoms with Crippen LogP contribution in [-0.4, -0.2) is 18.9 Å². The van der Waals surface area contributed by atoms with Crippen molar-refractivity contribution in [3.05, 3.63) is 23.8 Å². The largest absolute Gasteiger partial charge is 0.469 e. The fourth-order valence-corrected chi connectivity index (χ4v) is 11.3. The van der Waals surface area contributed by atoms with Crippen molar-refractivity contribution in [3.8, 4) is 6.07 Å². The molecule has 4 fully saturated rings. The molecule has 0 bridgehead atoms. The Morgan fingerprint density at radius 2 is 1.69 bits per heavy atom. The zero-order chi connectivity index (χ0) is 26.5. The lowest BCUT2D eigenvalue weighted by atomic mass is 9.32. The molecule has 5 aliphatic carbocycles. The van der Waals surface area contributed by atoms with E-state index < -0.39 is 5.41 Å². The second-order valence-corrected chi connectivity index (χ2v) is 14.4. The Morgan fingerprint density at radius 1 is 1.00 bits per heavy atom. The molecule has 4 heteroatoms. The summed E-state index contributed by atoms with van der Waals surface area (Å²) in [6.45, 7) is 18.1. The van der Waals surface area contributed by atoms with Gasteiger partial charge in [-0.05, 0) is 104 Å². The SMILES string of the molecule is C=C(C)[C@@H]1CC[C@]2(C(=O)OC)CC[C@]3(C)C(CCC4[C@@]5(C)C=C(C#N)C(=O)C(C)(C)C5CC[C@]43C)C12. The van der Waals surface area contributed by atoms with Crippen LogP contribution in [0.5, 0.6) is 0 Å². The van der Waals surface area contributed by atoms with Crippen LogP contribution in [-0.2, 0) is 14.3 Å². The highest BCUT2D eigenvalue weighted by atomic mass is 16.5. The van der Waals surface area contributed by atoms with Gasteiger partial charge in [0.1, 0.15) is 6.07 Å². The molecule has 0 aliphatic heterocycles. The topological polar surface area (TPSA) is 67.2 Å². The van der Waals surface area contributed by atoms with Crippen molar-refractivity contribution in [2.75, 3.05) is 7.11 Å². The van der Waals surface area contributed by atoms with E-state index in [2.05, 4.69) is 60.3 Å². The number of ether oxygens (including phenoxy) is 1. The summed E-state index contributed by atoms with van der Waals surface area (Å²) in [5.74, 6) is 1.79. The Bertz CT molecular complexity index is 1100. The lowest BCUT2D eigenvalue weighted by Crippen LogP contribution is -2.66. The summed E-state index contributed by atoms with van der Waals surface area (Å²) in [6, 6.07) is 2.26. The summed E-state index contributed by atoms with van der Waals surface area (Å²) < 4.78 is 5.47. The number of carbonyl (C=O) groups is 2. The second kappa shape index (κ2) is 7.81. The van der Waals surface area contributed by atoms with Crippen molar-refractivity contribution in [3.63, 3.8) is 0 Å². The first-order valence-electron chi connectivity index (χ1n) is 14.2. The predicted molar refractivity (Wildman–Crippen MR) is 140 cm³/mol. The Morgan fingerprint density at radius 3 is 2.31 bits per heavy atom. The fourth-order valence-electron chi connectivity index (χ4n) is 11.3. The van der Waals surface area contributed by atoms with Gasteiger partial charge in [0, 0.05) is 5.41 Å². The molecule has 9 atom stereocenters. The molecule has 0 aromatic rings. The van der Waals surface area contributed by atoms with Crippen LogP contribution < -0.4 is 0 Å². The first-order valence-corrected chi connectivity index (χ1v) is 14.2. The van der Waals surface area contributed by atoms with E-state index in [1.54, 1.807) is 7.11 Å². The molecule has 5 rings (SSSR count). The first-order chi connectivity index (χ1) is 16.7. The molecule has 0 N–H and O–H groups in total. The van der Waals surface area contributed by atoms with E-state index in [1.165, 1.54) is 5.57 Å². The van der Waals surface area contributed by atoms with Gasteiger partial charge in [0.2, 0.25) is 0 Å².